The van der Waals surface area contributed by atoms with Gasteiger partial charge in [-0.05, 0) is 48.0 Å². The van der Waals surface area contributed by atoms with Crippen LogP contribution >= 0.6 is 0 Å². The molecule has 0 aliphatic carbocycles. The summed E-state index contributed by atoms with van der Waals surface area (Å²) in [5.74, 6) is 0.623. The minimum absolute atomic E-state index is 0.0278. The maximum absolute atomic E-state index is 13.5. The van der Waals surface area contributed by atoms with Crippen LogP contribution in [0.5, 0.6) is 11.5 Å². The van der Waals surface area contributed by atoms with Gasteiger partial charge in [0.15, 0.2) is 0 Å². The third-order valence-corrected chi connectivity index (χ3v) is 6.58. The number of rotatable bonds is 5. The van der Waals surface area contributed by atoms with Gasteiger partial charge in [-0.25, -0.2) is 12.8 Å². The molecule has 0 saturated heterocycles. The molecule has 0 aliphatic rings. The van der Waals surface area contributed by atoms with Crippen LogP contribution in [0.1, 0.15) is 0 Å². The lowest BCUT2D eigenvalue weighted by molar-refractivity contribution is 0.413. The van der Waals surface area contributed by atoms with E-state index in [9.17, 15) is 12.8 Å². The average molecular weight is 423 g/mol. The molecule has 0 fully saturated rings. The molecular formula is C23H18FNO4S. The number of aromatic nitrogens is 1. The monoisotopic (exact) mass is 423 g/mol. The predicted molar refractivity (Wildman–Crippen MR) is 112 cm³/mol. The zero-order valence-electron chi connectivity index (χ0n) is 16.3. The number of benzene rings is 3. The number of halogens is 1. The number of pyridine rings is 1. The van der Waals surface area contributed by atoms with Crippen LogP contribution in [-0.4, -0.2) is 27.6 Å². The number of hydrogen-bond donors (Lipinski definition) is 0. The van der Waals surface area contributed by atoms with E-state index >= 15 is 0 Å². The number of hydrogen-bond acceptors (Lipinski definition) is 5. The van der Waals surface area contributed by atoms with Gasteiger partial charge in [0, 0.05) is 23.2 Å². The van der Waals surface area contributed by atoms with Gasteiger partial charge in [-0.3, -0.25) is 4.98 Å². The highest BCUT2D eigenvalue weighted by atomic mass is 32.2. The highest BCUT2D eigenvalue weighted by Gasteiger charge is 2.25. The van der Waals surface area contributed by atoms with Crippen molar-refractivity contribution in [3.05, 3.63) is 78.7 Å². The molecule has 0 aliphatic heterocycles. The topological polar surface area (TPSA) is 65.5 Å². The number of sulfone groups is 1. The van der Waals surface area contributed by atoms with E-state index in [0.29, 0.717) is 33.5 Å². The second kappa shape index (κ2) is 7.76. The predicted octanol–water partition coefficient (Wildman–Crippen LogP) is 4.89. The van der Waals surface area contributed by atoms with E-state index in [-0.39, 0.29) is 9.79 Å². The van der Waals surface area contributed by atoms with Crippen molar-refractivity contribution in [3.63, 3.8) is 0 Å². The molecule has 0 unspecified atom stereocenters. The average Bonchev–Trinajstić information content (AvgIpc) is 2.78. The van der Waals surface area contributed by atoms with Crippen molar-refractivity contribution in [2.75, 3.05) is 14.2 Å². The van der Waals surface area contributed by atoms with Gasteiger partial charge >= 0.3 is 0 Å². The lowest BCUT2D eigenvalue weighted by Crippen LogP contribution is -2.06. The van der Waals surface area contributed by atoms with Crippen LogP contribution in [0, 0.1) is 5.82 Å². The van der Waals surface area contributed by atoms with Crippen LogP contribution < -0.4 is 9.47 Å². The summed E-state index contributed by atoms with van der Waals surface area (Å²) in [5, 5.41) is 0.617. The number of fused-ring (bicyclic) bond motifs is 1. The Morgan fingerprint density at radius 3 is 2.27 bits per heavy atom. The summed E-state index contributed by atoms with van der Waals surface area (Å²) >= 11 is 0. The molecular weight excluding hydrogens is 405 g/mol. The first-order valence-electron chi connectivity index (χ1n) is 9.06. The standard InChI is InChI=1S/C23H18FNO4S/c1-28-17-4-3-5-19(12-17)30(26,27)22-14-25-21-13-18(29-2)10-11-20(21)23(22)15-6-8-16(24)9-7-15/h3-14H,1-2H3. The summed E-state index contributed by atoms with van der Waals surface area (Å²) in [4.78, 5) is 4.47. The van der Waals surface area contributed by atoms with Crippen LogP contribution in [0.4, 0.5) is 4.39 Å². The summed E-state index contributed by atoms with van der Waals surface area (Å²) in [5.41, 5.74) is 1.58. The minimum Gasteiger partial charge on any atom is -0.497 e. The summed E-state index contributed by atoms with van der Waals surface area (Å²) in [6, 6.07) is 17.2. The number of nitrogens with zero attached hydrogens (tertiary/aromatic N) is 1. The molecule has 1 aromatic heterocycles. The highest BCUT2D eigenvalue weighted by molar-refractivity contribution is 7.91. The van der Waals surface area contributed by atoms with Gasteiger partial charge in [-0.15, -0.1) is 0 Å². The van der Waals surface area contributed by atoms with Crippen molar-refractivity contribution in [3.8, 4) is 22.6 Å². The Labute approximate surface area is 173 Å². The van der Waals surface area contributed by atoms with Gasteiger partial charge in [0.2, 0.25) is 9.84 Å². The maximum Gasteiger partial charge on any atom is 0.208 e. The molecule has 7 heteroatoms. The Morgan fingerprint density at radius 2 is 1.57 bits per heavy atom. The van der Waals surface area contributed by atoms with Crippen LogP contribution in [0.15, 0.2) is 82.7 Å². The van der Waals surface area contributed by atoms with Gasteiger partial charge in [-0.2, -0.15) is 0 Å². The van der Waals surface area contributed by atoms with E-state index in [1.165, 1.54) is 37.6 Å². The van der Waals surface area contributed by atoms with Crippen molar-refractivity contribution in [1.82, 2.24) is 4.98 Å². The van der Waals surface area contributed by atoms with Crippen LogP contribution in [0.25, 0.3) is 22.0 Å². The van der Waals surface area contributed by atoms with Crippen LogP contribution in [0.3, 0.4) is 0 Å². The first-order valence-corrected chi connectivity index (χ1v) is 10.5. The Balaban J connectivity index is 2.03. The normalized spacial score (nSPS) is 11.4. The fourth-order valence-corrected chi connectivity index (χ4v) is 4.77. The molecule has 4 aromatic rings. The number of methoxy groups -OCH3 is 2. The molecule has 0 atom stereocenters. The first-order chi connectivity index (χ1) is 14.4. The first kappa shape index (κ1) is 19.8. The largest absolute Gasteiger partial charge is 0.497 e. The van der Waals surface area contributed by atoms with E-state index in [2.05, 4.69) is 4.98 Å². The zero-order chi connectivity index (χ0) is 21.3. The van der Waals surface area contributed by atoms with Gasteiger partial charge in [0.05, 0.1) is 29.5 Å². The van der Waals surface area contributed by atoms with Gasteiger partial charge < -0.3 is 9.47 Å². The Bertz CT molecular complexity index is 1340. The number of ether oxygens (including phenoxy) is 2. The highest BCUT2D eigenvalue weighted by Crippen LogP contribution is 2.38. The van der Waals surface area contributed by atoms with Crippen LogP contribution in [-0.2, 0) is 9.84 Å². The lowest BCUT2D eigenvalue weighted by atomic mass is 10.0. The third kappa shape index (κ3) is 3.48. The molecule has 0 bridgehead atoms. The molecule has 0 spiro atoms. The smallest absolute Gasteiger partial charge is 0.208 e. The van der Waals surface area contributed by atoms with E-state index in [4.69, 9.17) is 9.47 Å². The molecule has 0 amide bonds. The summed E-state index contributed by atoms with van der Waals surface area (Å²) in [7, 11) is -0.917. The summed E-state index contributed by atoms with van der Waals surface area (Å²) in [6.45, 7) is 0. The van der Waals surface area contributed by atoms with E-state index in [0.717, 1.165) is 0 Å². The summed E-state index contributed by atoms with van der Waals surface area (Å²) in [6.07, 6.45) is 1.33. The van der Waals surface area contributed by atoms with Gasteiger partial charge in [0.1, 0.15) is 17.3 Å². The zero-order valence-corrected chi connectivity index (χ0v) is 17.1. The van der Waals surface area contributed by atoms with E-state index < -0.39 is 15.7 Å². The molecule has 0 N–H and O–H groups in total. The molecule has 4 rings (SSSR count). The van der Waals surface area contributed by atoms with Crippen molar-refractivity contribution in [2.45, 2.75) is 9.79 Å². The Hall–Kier alpha value is -3.45. The van der Waals surface area contributed by atoms with Crippen molar-refractivity contribution < 1.29 is 22.3 Å². The van der Waals surface area contributed by atoms with Crippen LogP contribution in [0.2, 0.25) is 0 Å². The molecule has 1 heterocycles. The Morgan fingerprint density at radius 1 is 0.867 bits per heavy atom. The Kier molecular flexibility index (Phi) is 5.13. The van der Waals surface area contributed by atoms with Crippen molar-refractivity contribution in [2.24, 2.45) is 0 Å². The fraction of sp³-hybridized carbons (Fsp3) is 0.0870. The lowest BCUT2D eigenvalue weighted by Gasteiger charge is -2.15. The van der Waals surface area contributed by atoms with Crippen molar-refractivity contribution in [1.29, 1.82) is 0 Å². The summed E-state index contributed by atoms with van der Waals surface area (Å²) < 4.78 is 51.0. The SMILES string of the molecule is COc1cccc(S(=O)(=O)c2cnc3cc(OC)ccc3c2-c2ccc(F)cc2)c1. The van der Waals surface area contributed by atoms with E-state index in [1.807, 2.05) is 0 Å². The third-order valence-electron chi connectivity index (χ3n) is 4.82. The minimum atomic E-state index is -3.94. The molecule has 0 saturated carbocycles. The second-order valence-electron chi connectivity index (χ2n) is 6.57. The molecule has 3 aromatic carbocycles. The van der Waals surface area contributed by atoms with E-state index in [1.54, 1.807) is 49.6 Å². The quantitative estimate of drug-likeness (QED) is 0.457. The molecule has 152 valence electrons. The van der Waals surface area contributed by atoms with Gasteiger partial charge in [-0.1, -0.05) is 18.2 Å². The molecule has 0 radical (unpaired) electrons. The van der Waals surface area contributed by atoms with Gasteiger partial charge in [0.25, 0.3) is 0 Å². The molecule has 5 nitrogen and oxygen atoms in total. The maximum atomic E-state index is 13.5. The second-order valence-corrected chi connectivity index (χ2v) is 8.49. The molecule has 30 heavy (non-hydrogen) atoms. The van der Waals surface area contributed by atoms with Crippen molar-refractivity contribution >= 4 is 20.7 Å². The fourth-order valence-electron chi connectivity index (χ4n) is 3.30.